The second-order valence-corrected chi connectivity index (χ2v) is 4.05. The predicted octanol–water partition coefficient (Wildman–Crippen LogP) is 2.42. The first-order valence-electron chi connectivity index (χ1n) is 4.56. The van der Waals surface area contributed by atoms with Crippen molar-refractivity contribution in [3.63, 3.8) is 0 Å². The van der Waals surface area contributed by atoms with Gasteiger partial charge >= 0.3 is 0 Å². The third kappa shape index (κ3) is 3.87. The fourth-order valence-electron chi connectivity index (χ4n) is 0.863. The SMILES string of the molecule is CC(C)(C)OOC(O)c1ccccc1. The molecule has 1 aromatic rings. The van der Waals surface area contributed by atoms with Gasteiger partial charge in [-0.15, -0.1) is 0 Å². The summed E-state index contributed by atoms with van der Waals surface area (Å²) in [5, 5.41) is 9.54. The van der Waals surface area contributed by atoms with Crippen molar-refractivity contribution in [1.29, 1.82) is 0 Å². The van der Waals surface area contributed by atoms with E-state index < -0.39 is 11.9 Å². The van der Waals surface area contributed by atoms with Gasteiger partial charge in [0.1, 0.15) is 0 Å². The average molecular weight is 196 g/mol. The highest BCUT2D eigenvalue weighted by atomic mass is 17.2. The standard InChI is InChI=1S/C11H16O3/c1-11(2,3)14-13-10(12)9-7-5-4-6-8-9/h4-8,10,12H,1-3H3. The highest BCUT2D eigenvalue weighted by molar-refractivity contribution is 5.15. The molecule has 0 spiro atoms. The summed E-state index contributed by atoms with van der Waals surface area (Å²) in [6, 6.07) is 9.09. The Morgan fingerprint density at radius 3 is 2.21 bits per heavy atom. The molecule has 0 saturated carbocycles. The Morgan fingerprint density at radius 2 is 1.71 bits per heavy atom. The number of aliphatic hydroxyl groups is 1. The van der Waals surface area contributed by atoms with Crippen LogP contribution in [-0.4, -0.2) is 10.7 Å². The first-order chi connectivity index (χ1) is 6.49. The van der Waals surface area contributed by atoms with Crippen LogP contribution >= 0.6 is 0 Å². The molecule has 0 saturated heterocycles. The Labute approximate surface area is 84.2 Å². The smallest absolute Gasteiger partial charge is 0.214 e. The van der Waals surface area contributed by atoms with E-state index in [1.54, 1.807) is 12.1 Å². The van der Waals surface area contributed by atoms with E-state index in [-0.39, 0.29) is 0 Å². The van der Waals surface area contributed by atoms with Gasteiger partial charge in [-0.3, -0.25) is 0 Å². The fraction of sp³-hybridized carbons (Fsp3) is 0.455. The Hall–Kier alpha value is -0.900. The number of aliphatic hydroxyl groups excluding tert-OH is 1. The van der Waals surface area contributed by atoms with Crippen LogP contribution < -0.4 is 0 Å². The highest BCUT2D eigenvalue weighted by Gasteiger charge is 2.15. The van der Waals surface area contributed by atoms with Gasteiger partial charge in [0.15, 0.2) is 0 Å². The molecule has 0 aromatic heterocycles. The third-order valence-corrected chi connectivity index (χ3v) is 1.47. The van der Waals surface area contributed by atoms with Gasteiger partial charge in [0.25, 0.3) is 0 Å². The van der Waals surface area contributed by atoms with Crippen LogP contribution in [0.15, 0.2) is 30.3 Å². The summed E-state index contributed by atoms with van der Waals surface area (Å²) in [5.74, 6) is 0. The molecule has 0 aliphatic rings. The summed E-state index contributed by atoms with van der Waals surface area (Å²) in [6.07, 6.45) is -1.03. The summed E-state index contributed by atoms with van der Waals surface area (Å²) in [7, 11) is 0. The number of rotatable bonds is 3. The minimum atomic E-state index is -1.03. The Kier molecular flexibility index (Phi) is 3.63. The summed E-state index contributed by atoms with van der Waals surface area (Å²) in [5.41, 5.74) is 0.257. The zero-order valence-electron chi connectivity index (χ0n) is 8.73. The molecule has 3 nitrogen and oxygen atoms in total. The van der Waals surface area contributed by atoms with E-state index in [1.165, 1.54) is 0 Å². The molecule has 1 unspecified atom stereocenters. The summed E-state index contributed by atoms with van der Waals surface area (Å²) in [6.45, 7) is 5.56. The van der Waals surface area contributed by atoms with Crippen molar-refractivity contribution in [2.45, 2.75) is 32.7 Å². The van der Waals surface area contributed by atoms with Gasteiger partial charge in [-0.25, -0.2) is 4.89 Å². The van der Waals surface area contributed by atoms with Gasteiger partial charge in [-0.1, -0.05) is 30.3 Å². The van der Waals surface area contributed by atoms with Gasteiger partial charge in [0.2, 0.25) is 6.29 Å². The lowest BCUT2D eigenvalue weighted by atomic mass is 10.2. The molecule has 1 N–H and O–H groups in total. The molecule has 14 heavy (non-hydrogen) atoms. The van der Waals surface area contributed by atoms with Gasteiger partial charge < -0.3 is 5.11 Å². The predicted molar refractivity (Wildman–Crippen MR) is 53.3 cm³/mol. The number of benzene rings is 1. The second kappa shape index (κ2) is 4.55. The Balaban J connectivity index is 2.48. The molecule has 0 heterocycles. The fourth-order valence-corrected chi connectivity index (χ4v) is 0.863. The first kappa shape index (κ1) is 11.2. The lowest BCUT2D eigenvalue weighted by Crippen LogP contribution is -2.21. The normalized spacial score (nSPS) is 14.0. The van der Waals surface area contributed by atoms with Crippen molar-refractivity contribution in [2.24, 2.45) is 0 Å². The molecule has 1 rings (SSSR count). The number of hydrogen-bond donors (Lipinski definition) is 1. The van der Waals surface area contributed by atoms with Crippen molar-refractivity contribution in [1.82, 2.24) is 0 Å². The zero-order chi connectivity index (χ0) is 10.6. The molecule has 78 valence electrons. The maximum atomic E-state index is 9.54. The lowest BCUT2D eigenvalue weighted by Gasteiger charge is -2.20. The van der Waals surface area contributed by atoms with Crippen LogP contribution in [0, 0.1) is 0 Å². The molecule has 1 atom stereocenters. The third-order valence-electron chi connectivity index (χ3n) is 1.47. The van der Waals surface area contributed by atoms with E-state index in [2.05, 4.69) is 0 Å². The largest absolute Gasteiger partial charge is 0.362 e. The Morgan fingerprint density at radius 1 is 1.14 bits per heavy atom. The molecule has 0 amide bonds. The van der Waals surface area contributed by atoms with Crippen molar-refractivity contribution in [3.05, 3.63) is 35.9 Å². The Bertz CT molecular complexity index is 264. The van der Waals surface area contributed by atoms with Gasteiger partial charge in [-0.05, 0) is 20.8 Å². The minimum absolute atomic E-state index is 0.421. The molecule has 3 heteroatoms. The second-order valence-electron chi connectivity index (χ2n) is 4.05. The maximum absolute atomic E-state index is 9.54. The van der Waals surface area contributed by atoms with Crippen molar-refractivity contribution >= 4 is 0 Å². The average Bonchev–Trinajstić information content (AvgIpc) is 2.14. The summed E-state index contributed by atoms with van der Waals surface area (Å²) in [4.78, 5) is 9.84. The van der Waals surface area contributed by atoms with Crippen molar-refractivity contribution in [2.75, 3.05) is 0 Å². The van der Waals surface area contributed by atoms with Crippen LogP contribution in [0.2, 0.25) is 0 Å². The molecule has 0 aliphatic carbocycles. The lowest BCUT2D eigenvalue weighted by molar-refractivity contribution is -0.413. The molecular formula is C11H16O3. The van der Waals surface area contributed by atoms with E-state index in [0.29, 0.717) is 5.56 Å². The zero-order valence-corrected chi connectivity index (χ0v) is 8.73. The molecule has 0 fully saturated rings. The van der Waals surface area contributed by atoms with E-state index in [4.69, 9.17) is 9.78 Å². The maximum Gasteiger partial charge on any atom is 0.214 e. The van der Waals surface area contributed by atoms with Gasteiger partial charge in [0, 0.05) is 5.56 Å². The van der Waals surface area contributed by atoms with Gasteiger partial charge in [-0.2, -0.15) is 4.89 Å². The number of hydrogen-bond acceptors (Lipinski definition) is 3. The topological polar surface area (TPSA) is 38.7 Å². The van der Waals surface area contributed by atoms with Crippen LogP contribution in [-0.2, 0) is 9.78 Å². The van der Waals surface area contributed by atoms with Crippen LogP contribution in [0.3, 0.4) is 0 Å². The molecule has 0 radical (unpaired) electrons. The monoisotopic (exact) mass is 196 g/mol. The van der Waals surface area contributed by atoms with E-state index >= 15 is 0 Å². The van der Waals surface area contributed by atoms with Crippen LogP contribution in [0.5, 0.6) is 0 Å². The quantitative estimate of drug-likeness (QED) is 0.458. The van der Waals surface area contributed by atoms with E-state index in [0.717, 1.165) is 0 Å². The van der Waals surface area contributed by atoms with Crippen LogP contribution in [0.4, 0.5) is 0 Å². The molecule has 0 bridgehead atoms. The van der Waals surface area contributed by atoms with Crippen molar-refractivity contribution in [3.8, 4) is 0 Å². The van der Waals surface area contributed by atoms with E-state index in [1.807, 2.05) is 39.0 Å². The van der Waals surface area contributed by atoms with Crippen LogP contribution in [0.1, 0.15) is 32.6 Å². The molecule has 0 aliphatic heterocycles. The highest BCUT2D eigenvalue weighted by Crippen LogP contribution is 2.17. The summed E-state index contributed by atoms with van der Waals surface area (Å²) >= 11 is 0. The first-order valence-corrected chi connectivity index (χ1v) is 4.56. The molecular weight excluding hydrogens is 180 g/mol. The van der Waals surface area contributed by atoms with Crippen molar-refractivity contribution < 1.29 is 14.9 Å². The van der Waals surface area contributed by atoms with Gasteiger partial charge in [0.05, 0.1) is 5.60 Å². The summed E-state index contributed by atoms with van der Waals surface area (Å²) < 4.78 is 0. The van der Waals surface area contributed by atoms with Crippen LogP contribution in [0.25, 0.3) is 0 Å². The minimum Gasteiger partial charge on any atom is -0.362 e. The molecule has 1 aromatic carbocycles. The van der Waals surface area contributed by atoms with E-state index in [9.17, 15) is 5.11 Å².